The molecule has 45 heavy (non-hydrogen) atoms. The SMILES string of the molecule is Brc1ccc(-c2ccc(-c3ccccn3)nc2-c2ccc3c(c2)C2(c4ccccc4-c4ccccc42)c2cc(Br)ccc2-3)cc1. The molecule has 0 fully saturated rings. The third kappa shape index (κ3) is 3.92. The van der Waals surface area contributed by atoms with Gasteiger partial charge in [-0.25, -0.2) is 4.98 Å². The summed E-state index contributed by atoms with van der Waals surface area (Å²) in [6, 6.07) is 50.2. The first kappa shape index (κ1) is 26.7. The van der Waals surface area contributed by atoms with Crippen LogP contribution in [0.4, 0.5) is 0 Å². The van der Waals surface area contributed by atoms with Crippen molar-refractivity contribution < 1.29 is 0 Å². The third-order valence-electron chi connectivity index (χ3n) is 9.30. The van der Waals surface area contributed by atoms with Gasteiger partial charge in [-0.3, -0.25) is 4.98 Å². The van der Waals surface area contributed by atoms with E-state index in [1.54, 1.807) is 0 Å². The Bertz CT molecular complexity index is 2250. The number of nitrogens with zero attached hydrogens (tertiary/aromatic N) is 2. The molecule has 5 aromatic carbocycles. The minimum atomic E-state index is -0.436. The van der Waals surface area contributed by atoms with Crippen molar-refractivity contribution in [1.82, 2.24) is 9.97 Å². The van der Waals surface area contributed by atoms with Gasteiger partial charge in [0.15, 0.2) is 0 Å². The number of halogens is 2. The maximum absolute atomic E-state index is 5.32. The molecule has 1 spiro atoms. The number of fused-ring (bicyclic) bond motifs is 10. The Kier molecular flexibility index (Phi) is 6.06. The Morgan fingerprint density at radius 1 is 0.422 bits per heavy atom. The fourth-order valence-electron chi connectivity index (χ4n) is 7.46. The van der Waals surface area contributed by atoms with Crippen LogP contribution in [0.2, 0.25) is 0 Å². The van der Waals surface area contributed by atoms with Gasteiger partial charge in [0.1, 0.15) is 0 Å². The van der Waals surface area contributed by atoms with Crippen LogP contribution in [0.15, 0.2) is 155 Å². The van der Waals surface area contributed by atoms with Crippen molar-refractivity contribution in [3.63, 3.8) is 0 Å². The van der Waals surface area contributed by atoms with Crippen LogP contribution in [-0.2, 0) is 5.41 Å². The molecule has 212 valence electrons. The van der Waals surface area contributed by atoms with Gasteiger partial charge in [0, 0.05) is 26.3 Å². The van der Waals surface area contributed by atoms with Gasteiger partial charge in [-0.15, -0.1) is 0 Å². The molecule has 2 aliphatic carbocycles. The third-order valence-corrected chi connectivity index (χ3v) is 10.3. The Morgan fingerprint density at radius 2 is 1.00 bits per heavy atom. The fraction of sp³-hybridized carbons (Fsp3) is 0.0244. The Labute approximate surface area is 278 Å². The highest BCUT2D eigenvalue weighted by atomic mass is 79.9. The van der Waals surface area contributed by atoms with E-state index in [2.05, 4.69) is 158 Å². The molecule has 0 saturated carbocycles. The van der Waals surface area contributed by atoms with Crippen molar-refractivity contribution in [2.45, 2.75) is 5.41 Å². The van der Waals surface area contributed by atoms with Crippen LogP contribution in [0.5, 0.6) is 0 Å². The van der Waals surface area contributed by atoms with Crippen molar-refractivity contribution in [2.24, 2.45) is 0 Å². The van der Waals surface area contributed by atoms with Gasteiger partial charge < -0.3 is 0 Å². The average molecular weight is 704 g/mol. The van der Waals surface area contributed by atoms with Crippen molar-refractivity contribution >= 4 is 31.9 Å². The van der Waals surface area contributed by atoms with Gasteiger partial charge in [-0.2, -0.15) is 0 Å². The number of aromatic nitrogens is 2. The highest BCUT2D eigenvalue weighted by Gasteiger charge is 2.51. The van der Waals surface area contributed by atoms with Crippen molar-refractivity contribution in [3.05, 3.63) is 177 Å². The van der Waals surface area contributed by atoms with E-state index in [-0.39, 0.29) is 0 Å². The topological polar surface area (TPSA) is 25.8 Å². The quantitative estimate of drug-likeness (QED) is 0.183. The molecule has 4 heteroatoms. The van der Waals surface area contributed by atoms with Gasteiger partial charge in [0.05, 0.1) is 22.5 Å². The lowest BCUT2D eigenvalue weighted by Gasteiger charge is -2.31. The molecule has 0 saturated heterocycles. The van der Waals surface area contributed by atoms with Crippen molar-refractivity contribution in [1.29, 1.82) is 0 Å². The van der Waals surface area contributed by atoms with E-state index < -0.39 is 5.41 Å². The van der Waals surface area contributed by atoms with Crippen LogP contribution in [0.3, 0.4) is 0 Å². The summed E-state index contributed by atoms with van der Waals surface area (Å²) in [7, 11) is 0. The maximum atomic E-state index is 5.32. The predicted octanol–water partition coefficient (Wildman–Crippen LogP) is 11.3. The molecule has 7 aromatic rings. The summed E-state index contributed by atoms with van der Waals surface area (Å²) in [4.78, 5) is 9.95. The fourth-order valence-corrected chi connectivity index (χ4v) is 8.08. The second-order valence-electron chi connectivity index (χ2n) is 11.6. The van der Waals surface area contributed by atoms with E-state index in [9.17, 15) is 0 Å². The van der Waals surface area contributed by atoms with Gasteiger partial charge in [-0.1, -0.05) is 117 Å². The molecule has 0 bridgehead atoms. The lowest BCUT2D eigenvalue weighted by Crippen LogP contribution is -2.26. The van der Waals surface area contributed by atoms with Crippen LogP contribution in [-0.4, -0.2) is 9.97 Å². The highest BCUT2D eigenvalue weighted by molar-refractivity contribution is 9.10. The minimum Gasteiger partial charge on any atom is -0.255 e. The zero-order valence-electron chi connectivity index (χ0n) is 24.0. The molecule has 2 aromatic heterocycles. The lowest BCUT2D eigenvalue weighted by atomic mass is 9.70. The van der Waals surface area contributed by atoms with E-state index >= 15 is 0 Å². The molecular weight excluding hydrogens is 680 g/mol. The van der Waals surface area contributed by atoms with Gasteiger partial charge >= 0.3 is 0 Å². The number of hydrogen-bond donors (Lipinski definition) is 0. The summed E-state index contributed by atoms with van der Waals surface area (Å²) in [6.45, 7) is 0. The molecule has 0 N–H and O–H groups in total. The summed E-state index contributed by atoms with van der Waals surface area (Å²) in [6.07, 6.45) is 1.82. The largest absolute Gasteiger partial charge is 0.255 e. The first-order valence-corrected chi connectivity index (χ1v) is 16.5. The molecular formula is C41H24Br2N2. The van der Waals surface area contributed by atoms with Gasteiger partial charge in [-0.05, 0) is 105 Å². The van der Waals surface area contributed by atoms with Crippen LogP contribution in [0.1, 0.15) is 22.3 Å². The van der Waals surface area contributed by atoms with Crippen molar-refractivity contribution in [3.8, 4) is 56.0 Å². The minimum absolute atomic E-state index is 0.436. The monoisotopic (exact) mass is 702 g/mol. The summed E-state index contributed by atoms with van der Waals surface area (Å²) in [5, 5.41) is 0. The smallest absolute Gasteiger partial charge is 0.0894 e. The van der Waals surface area contributed by atoms with E-state index in [0.717, 1.165) is 42.7 Å². The molecule has 2 aliphatic rings. The summed E-state index contributed by atoms with van der Waals surface area (Å²) < 4.78 is 2.13. The van der Waals surface area contributed by atoms with E-state index in [4.69, 9.17) is 4.98 Å². The number of hydrogen-bond acceptors (Lipinski definition) is 2. The lowest BCUT2D eigenvalue weighted by molar-refractivity contribution is 0.793. The van der Waals surface area contributed by atoms with Crippen LogP contribution in [0.25, 0.3) is 56.0 Å². The molecule has 0 radical (unpaired) electrons. The molecule has 2 heterocycles. The second-order valence-corrected chi connectivity index (χ2v) is 13.4. The Hall–Kier alpha value is -4.64. The molecule has 2 nitrogen and oxygen atoms in total. The Balaban J connectivity index is 1.35. The first-order chi connectivity index (χ1) is 22.1. The number of rotatable bonds is 3. The standard InChI is InChI=1S/C41H24Br2N2/c42-27-15-12-25(13-16-27)29-20-21-39(38-11-5-6-22-44-38)45-40(29)26-14-18-32-33-19-17-28(43)24-37(33)41(36(32)23-26)34-9-3-1-7-30(34)31-8-2-4-10-35(31)41/h1-24H. The zero-order valence-corrected chi connectivity index (χ0v) is 27.2. The second kappa shape index (κ2) is 10.2. The molecule has 9 rings (SSSR count). The van der Waals surface area contributed by atoms with Crippen LogP contribution < -0.4 is 0 Å². The maximum Gasteiger partial charge on any atom is 0.0894 e. The predicted molar refractivity (Wildman–Crippen MR) is 190 cm³/mol. The molecule has 0 unspecified atom stereocenters. The van der Waals surface area contributed by atoms with Crippen molar-refractivity contribution in [2.75, 3.05) is 0 Å². The molecule has 0 atom stereocenters. The zero-order chi connectivity index (χ0) is 30.1. The average Bonchev–Trinajstić information content (AvgIpc) is 3.55. The Morgan fingerprint density at radius 3 is 1.71 bits per heavy atom. The normalized spacial score (nSPS) is 13.3. The number of pyridine rings is 2. The summed E-state index contributed by atoms with van der Waals surface area (Å²) in [5.41, 5.74) is 15.9. The van der Waals surface area contributed by atoms with E-state index in [1.165, 1.54) is 44.5 Å². The highest BCUT2D eigenvalue weighted by Crippen LogP contribution is 2.63. The summed E-state index contributed by atoms with van der Waals surface area (Å²) in [5.74, 6) is 0. The van der Waals surface area contributed by atoms with Gasteiger partial charge in [0.2, 0.25) is 0 Å². The molecule has 0 aliphatic heterocycles. The summed E-state index contributed by atoms with van der Waals surface area (Å²) >= 11 is 7.43. The van der Waals surface area contributed by atoms with Crippen LogP contribution in [0, 0.1) is 0 Å². The van der Waals surface area contributed by atoms with E-state index in [1.807, 2.05) is 24.4 Å². The van der Waals surface area contributed by atoms with Crippen LogP contribution >= 0.6 is 31.9 Å². The molecule has 0 amide bonds. The van der Waals surface area contributed by atoms with Gasteiger partial charge in [0.25, 0.3) is 0 Å². The first-order valence-electron chi connectivity index (χ1n) is 15.0. The van der Waals surface area contributed by atoms with E-state index in [0.29, 0.717) is 0 Å². The number of benzene rings is 5.